The van der Waals surface area contributed by atoms with Crippen LogP contribution in [0.1, 0.15) is 19.8 Å². The normalized spacial score (nSPS) is 21.7. The van der Waals surface area contributed by atoms with E-state index in [2.05, 4.69) is 45.7 Å². The first-order valence-corrected chi connectivity index (χ1v) is 4.47. The van der Waals surface area contributed by atoms with Gasteiger partial charge in [0, 0.05) is 12.8 Å². The van der Waals surface area contributed by atoms with Crippen molar-refractivity contribution >= 4 is 22.6 Å². The van der Waals surface area contributed by atoms with Crippen molar-refractivity contribution in [1.82, 2.24) is 0 Å². The van der Waals surface area contributed by atoms with Crippen molar-refractivity contribution in [1.29, 1.82) is 0 Å². The van der Waals surface area contributed by atoms with E-state index in [-0.39, 0.29) is 5.66 Å². The van der Waals surface area contributed by atoms with Crippen molar-refractivity contribution in [3.8, 4) is 12.3 Å². The van der Waals surface area contributed by atoms with Crippen molar-refractivity contribution in [3.05, 3.63) is 0 Å². The topological polar surface area (TPSA) is 24.7 Å². The van der Waals surface area contributed by atoms with Crippen LogP contribution in [0, 0.1) is 12.3 Å². The summed E-state index contributed by atoms with van der Waals surface area (Å²) in [4.78, 5) is 0. The highest BCUT2D eigenvalue weighted by atomic mass is 127. The zero-order valence-corrected chi connectivity index (χ0v) is 8.00. The van der Waals surface area contributed by atoms with Crippen molar-refractivity contribution in [2.75, 3.05) is 0 Å². The zero-order chi connectivity index (χ0) is 7.61. The second-order valence-corrected chi connectivity index (χ2v) is 4.27. The Morgan fingerprint density at radius 3 is 2.60 bits per heavy atom. The molecule has 1 aliphatic rings. The zero-order valence-electron chi connectivity index (χ0n) is 5.84. The molecule has 0 amide bonds. The molecule has 1 aliphatic heterocycles. The quantitative estimate of drug-likeness (QED) is 0.416. The molecule has 1 unspecified atom stereocenters. The average Bonchev–Trinajstić information content (AvgIpc) is 2.64. The Balaban J connectivity index is 2.33. The Morgan fingerprint density at radius 1 is 1.70 bits per heavy atom. The fourth-order valence-corrected chi connectivity index (χ4v) is 1.34. The molecular weight excluding hydrogens is 239 g/mol. The minimum atomic E-state index is -0.104. The molecule has 0 radical (unpaired) electrons. The molecule has 1 rings (SSSR count). The lowest BCUT2D eigenvalue weighted by atomic mass is 10.1. The fourth-order valence-electron chi connectivity index (χ4n) is 0.778. The maximum Gasteiger partial charge on any atom is 0.203 e. The Kier molecular flexibility index (Phi) is 2.29. The van der Waals surface area contributed by atoms with Crippen LogP contribution < -0.4 is 0 Å². The standard InChI is InChI=1S/C7H9IN2/c1-3-4-5-7(6(2)8)9-10-7/h1,6H,4-5H2,2H3. The van der Waals surface area contributed by atoms with Gasteiger partial charge in [-0.2, -0.15) is 10.2 Å². The van der Waals surface area contributed by atoms with E-state index in [9.17, 15) is 0 Å². The summed E-state index contributed by atoms with van der Waals surface area (Å²) < 4.78 is 0.471. The highest BCUT2D eigenvalue weighted by molar-refractivity contribution is 14.1. The van der Waals surface area contributed by atoms with Gasteiger partial charge in [-0.15, -0.1) is 12.3 Å². The molecule has 0 aromatic heterocycles. The maximum atomic E-state index is 5.13. The molecule has 2 nitrogen and oxygen atoms in total. The summed E-state index contributed by atoms with van der Waals surface area (Å²) >= 11 is 2.33. The van der Waals surface area contributed by atoms with E-state index in [1.807, 2.05) is 0 Å². The van der Waals surface area contributed by atoms with E-state index in [0.29, 0.717) is 3.92 Å². The number of terminal acetylenes is 1. The van der Waals surface area contributed by atoms with Crippen LogP contribution in [0.2, 0.25) is 0 Å². The summed E-state index contributed by atoms with van der Waals surface area (Å²) in [5.74, 6) is 2.60. The molecule has 0 spiro atoms. The van der Waals surface area contributed by atoms with Gasteiger partial charge in [-0.1, -0.05) is 22.6 Å². The highest BCUT2D eigenvalue weighted by Crippen LogP contribution is 2.40. The smallest absolute Gasteiger partial charge is 0.158 e. The third-order valence-corrected chi connectivity index (χ3v) is 2.63. The Labute approximate surface area is 74.6 Å². The molecule has 0 saturated carbocycles. The van der Waals surface area contributed by atoms with Crippen LogP contribution >= 0.6 is 22.6 Å². The van der Waals surface area contributed by atoms with Crippen molar-refractivity contribution in [2.45, 2.75) is 29.4 Å². The molecule has 0 saturated heterocycles. The van der Waals surface area contributed by atoms with E-state index in [1.54, 1.807) is 0 Å². The number of rotatable bonds is 3. The number of nitrogens with zero attached hydrogens (tertiary/aromatic N) is 2. The SMILES string of the molecule is C#CCCC1(C(C)I)N=N1. The van der Waals surface area contributed by atoms with Gasteiger partial charge in [-0.3, -0.25) is 0 Å². The number of hydrogen-bond acceptors (Lipinski definition) is 2. The van der Waals surface area contributed by atoms with Crippen LogP contribution in [0.3, 0.4) is 0 Å². The van der Waals surface area contributed by atoms with Crippen LogP contribution in [0.25, 0.3) is 0 Å². The third-order valence-electron chi connectivity index (χ3n) is 1.63. The molecule has 0 aliphatic carbocycles. The lowest BCUT2D eigenvalue weighted by Gasteiger charge is -2.09. The van der Waals surface area contributed by atoms with E-state index in [1.165, 1.54) is 0 Å². The summed E-state index contributed by atoms with van der Waals surface area (Å²) in [7, 11) is 0. The van der Waals surface area contributed by atoms with Gasteiger partial charge in [0.15, 0.2) is 0 Å². The Hall–Kier alpha value is -0.110. The van der Waals surface area contributed by atoms with Crippen LogP contribution in [-0.2, 0) is 0 Å². The highest BCUT2D eigenvalue weighted by Gasteiger charge is 2.43. The van der Waals surface area contributed by atoms with Gasteiger partial charge in [-0.25, -0.2) is 0 Å². The molecule has 0 aromatic rings. The van der Waals surface area contributed by atoms with Gasteiger partial charge in [0.05, 0.1) is 3.92 Å². The summed E-state index contributed by atoms with van der Waals surface area (Å²) in [6.07, 6.45) is 6.82. The number of hydrogen-bond donors (Lipinski definition) is 0. The van der Waals surface area contributed by atoms with Crippen molar-refractivity contribution < 1.29 is 0 Å². The fraction of sp³-hybridized carbons (Fsp3) is 0.714. The Bertz CT molecular complexity index is 184. The molecule has 0 aromatic carbocycles. The lowest BCUT2D eigenvalue weighted by Crippen LogP contribution is -2.20. The molecule has 0 bridgehead atoms. The predicted molar refractivity (Wildman–Crippen MR) is 49.1 cm³/mol. The molecule has 0 N–H and O–H groups in total. The predicted octanol–water partition coefficient (Wildman–Crippen LogP) is 2.39. The Morgan fingerprint density at radius 2 is 2.30 bits per heavy atom. The summed E-state index contributed by atoms with van der Waals surface area (Å²) in [5.41, 5.74) is -0.104. The third kappa shape index (κ3) is 1.48. The van der Waals surface area contributed by atoms with Crippen LogP contribution in [0.15, 0.2) is 10.2 Å². The van der Waals surface area contributed by atoms with Gasteiger partial charge in [0.1, 0.15) is 0 Å². The molecule has 54 valence electrons. The van der Waals surface area contributed by atoms with Crippen molar-refractivity contribution in [2.24, 2.45) is 10.2 Å². The summed E-state index contributed by atoms with van der Waals surface area (Å²) in [6, 6.07) is 0. The first kappa shape index (κ1) is 7.99. The summed E-state index contributed by atoms with van der Waals surface area (Å²) in [6.45, 7) is 2.11. The lowest BCUT2D eigenvalue weighted by molar-refractivity contribution is 0.565. The van der Waals surface area contributed by atoms with Gasteiger partial charge in [-0.05, 0) is 6.92 Å². The van der Waals surface area contributed by atoms with Crippen molar-refractivity contribution in [3.63, 3.8) is 0 Å². The van der Waals surface area contributed by atoms with E-state index in [0.717, 1.165) is 12.8 Å². The second kappa shape index (κ2) is 2.87. The molecular formula is C7H9IN2. The minimum Gasteiger partial charge on any atom is -0.158 e. The maximum absolute atomic E-state index is 5.13. The van der Waals surface area contributed by atoms with E-state index >= 15 is 0 Å². The molecule has 3 heteroatoms. The largest absolute Gasteiger partial charge is 0.203 e. The first-order valence-electron chi connectivity index (χ1n) is 3.23. The molecule has 10 heavy (non-hydrogen) atoms. The van der Waals surface area contributed by atoms with Gasteiger partial charge >= 0.3 is 0 Å². The monoisotopic (exact) mass is 248 g/mol. The average molecular weight is 248 g/mol. The first-order chi connectivity index (χ1) is 4.71. The second-order valence-electron chi connectivity index (χ2n) is 2.40. The number of alkyl halides is 1. The van der Waals surface area contributed by atoms with Gasteiger partial charge in [0.25, 0.3) is 0 Å². The van der Waals surface area contributed by atoms with Gasteiger partial charge < -0.3 is 0 Å². The van der Waals surface area contributed by atoms with E-state index < -0.39 is 0 Å². The van der Waals surface area contributed by atoms with Crippen LogP contribution in [0.4, 0.5) is 0 Å². The molecule has 0 fully saturated rings. The summed E-state index contributed by atoms with van der Waals surface area (Å²) in [5, 5.41) is 7.99. The van der Waals surface area contributed by atoms with Crippen LogP contribution in [0.5, 0.6) is 0 Å². The van der Waals surface area contributed by atoms with Crippen LogP contribution in [-0.4, -0.2) is 9.59 Å². The minimum absolute atomic E-state index is 0.104. The van der Waals surface area contributed by atoms with E-state index in [4.69, 9.17) is 6.42 Å². The molecule has 1 heterocycles. The number of halogens is 1. The van der Waals surface area contributed by atoms with Gasteiger partial charge in [0.2, 0.25) is 5.66 Å². The molecule has 1 atom stereocenters.